The molecule has 0 aliphatic rings. The number of hydroxylamine groups is 2. The Bertz CT molecular complexity index is 867. The topological polar surface area (TPSA) is 68.3 Å². The molecule has 0 rings (SSSR count). The van der Waals surface area contributed by atoms with E-state index in [4.69, 9.17) is 14.3 Å². The Balaban J connectivity index is 4.31. The van der Waals surface area contributed by atoms with Gasteiger partial charge in [-0.3, -0.25) is 14.4 Å². The molecule has 0 saturated heterocycles. The highest BCUT2D eigenvalue weighted by atomic mass is 16.7. The molecule has 0 aromatic heterocycles. The van der Waals surface area contributed by atoms with Crippen molar-refractivity contribution in [2.45, 2.75) is 285 Å². The van der Waals surface area contributed by atoms with E-state index in [9.17, 15) is 9.59 Å². The third-order valence-electron chi connectivity index (χ3n) is 13.2. The summed E-state index contributed by atoms with van der Waals surface area (Å²) >= 11 is 0. The maximum Gasteiger partial charge on any atom is 0.308 e. The van der Waals surface area contributed by atoms with E-state index < -0.39 is 0 Å². The molecule has 0 fully saturated rings. The standard InChI is InChI=1S/C56H112N2O5/c1-7-11-15-19-27-35-45-53(43-33-17-13-9-3)55(59)61-50-40-31-25-21-23-29-37-48-58(63-52-42-39-47-57(5)6)49-38-30-24-22-26-32-41-51-62-56(60)54(44-34-18-14-10-4)46-36-28-20-16-12-8-2/h53-54H,7-52H2,1-6H3. The van der Waals surface area contributed by atoms with E-state index in [1.165, 1.54) is 186 Å². The second kappa shape index (κ2) is 50.2. The second-order valence-corrected chi connectivity index (χ2v) is 19.8. The van der Waals surface area contributed by atoms with Gasteiger partial charge in [0.15, 0.2) is 0 Å². The molecule has 0 aliphatic carbocycles. The smallest absolute Gasteiger partial charge is 0.308 e. The Morgan fingerprint density at radius 1 is 0.333 bits per heavy atom. The third kappa shape index (κ3) is 44.4. The molecule has 0 amide bonds. The number of hydrogen-bond donors (Lipinski definition) is 0. The minimum absolute atomic E-state index is 0.0749. The highest BCUT2D eigenvalue weighted by Crippen LogP contribution is 2.23. The van der Waals surface area contributed by atoms with Gasteiger partial charge in [0.25, 0.3) is 0 Å². The maximum absolute atomic E-state index is 13.0. The lowest BCUT2D eigenvalue weighted by atomic mass is 9.94. The van der Waals surface area contributed by atoms with Crippen molar-refractivity contribution in [2.75, 3.05) is 53.6 Å². The zero-order valence-corrected chi connectivity index (χ0v) is 43.6. The Labute approximate surface area is 394 Å². The zero-order chi connectivity index (χ0) is 46.1. The molecule has 0 aromatic carbocycles. The van der Waals surface area contributed by atoms with Crippen molar-refractivity contribution in [1.82, 2.24) is 9.96 Å². The van der Waals surface area contributed by atoms with Crippen LogP contribution >= 0.6 is 0 Å². The van der Waals surface area contributed by atoms with Gasteiger partial charge in [0.1, 0.15) is 0 Å². The summed E-state index contributed by atoms with van der Waals surface area (Å²) in [7, 11) is 4.29. The van der Waals surface area contributed by atoms with Gasteiger partial charge >= 0.3 is 11.9 Å². The molecule has 0 N–H and O–H groups in total. The quantitative estimate of drug-likeness (QED) is 0.0342. The Kier molecular flexibility index (Phi) is 49.3. The molecule has 63 heavy (non-hydrogen) atoms. The van der Waals surface area contributed by atoms with Crippen LogP contribution in [0.25, 0.3) is 0 Å². The molecule has 0 saturated carbocycles. The van der Waals surface area contributed by atoms with Crippen LogP contribution in [0, 0.1) is 11.8 Å². The number of nitrogens with zero attached hydrogens (tertiary/aromatic N) is 2. The number of carbonyl (C=O) groups is 2. The van der Waals surface area contributed by atoms with Crippen LogP contribution < -0.4 is 0 Å². The summed E-state index contributed by atoms with van der Waals surface area (Å²) in [6, 6.07) is 0. The van der Waals surface area contributed by atoms with E-state index in [0.29, 0.717) is 13.2 Å². The van der Waals surface area contributed by atoms with Crippen molar-refractivity contribution < 1.29 is 23.9 Å². The van der Waals surface area contributed by atoms with Gasteiger partial charge in [0.2, 0.25) is 0 Å². The van der Waals surface area contributed by atoms with Crippen molar-refractivity contribution in [2.24, 2.45) is 11.8 Å². The van der Waals surface area contributed by atoms with Gasteiger partial charge in [-0.2, -0.15) is 5.06 Å². The van der Waals surface area contributed by atoms with Crippen LogP contribution in [-0.2, 0) is 23.9 Å². The van der Waals surface area contributed by atoms with Crippen LogP contribution in [0.15, 0.2) is 0 Å². The molecule has 2 atom stereocenters. The van der Waals surface area contributed by atoms with E-state index >= 15 is 0 Å². The van der Waals surface area contributed by atoms with Gasteiger partial charge in [0.05, 0.1) is 31.7 Å². The van der Waals surface area contributed by atoms with Crippen LogP contribution in [-0.4, -0.2) is 75.5 Å². The van der Waals surface area contributed by atoms with E-state index in [0.717, 1.165) is 96.9 Å². The van der Waals surface area contributed by atoms with Crippen molar-refractivity contribution in [3.8, 4) is 0 Å². The zero-order valence-electron chi connectivity index (χ0n) is 43.6. The molecule has 7 nitrogen and oxygen atoms in total. The Morgan fingerprint density at radius 3 is 0.952 bits per heavy atom. The van der Waals surface area contributed by atoms with E-state index in [-0.39, 0.29) is 23.8 Å². The van der Waals surface area contributed by atoms with Crippen LogP contribution in [0.1, 0.15) is 285 Å². The summed E-state index contributed by atoms with van der Waals surface area (Å²) in [6.07, 6.45) is 48.2. The van der Waals surface area contributed by atoms with Crippen molar-refractivity contribution >= 4 is 11.9 Å². The molecule has 7 heteroatoms. The summed E-state index contributed by atoms with van der Waals surface area (Å²) in [6.45, 7) is 14.2. The number of hydrogen-bond acceptors (Lipinski definition) is 7. The highest BCUT2D eigenvalue weighted by Gasteiger charge is 2.20. The summed E-state index contributed by atoms with van der Waals surface area (Å²) in [5, 5.41) is 2.27. The normalized spacial score (nSPS) is 12.7. The summed E-state index contributed by atoms with van der Waals surface area (Å²) in [5.74, 6) is 0.368. The maximum atomic E-state index is 13.0. The average molecular weight is 894 g/mol. The fourth-order valence-electron chi connectivity index (χ4n) is 8.83. The largest absolute Gasteiger partial charge is 0.465 e. The summed E-state index contributed by atoms with van der Waals surface area (Å²) in [4.78, 5) is 34.5. The lowest BCUT2D eigenvalue weighted by molar-refractivity contribution is -0.161. The Morgan fingerprint density at radius 2 is 0.603 bits per heavy atom. The molecule has 0 heterocycles. The number of unbranched alkanes of at least 4 members (excludes halogenated alkanes) is 29. The summed E-state index contributed by atoms with van der Waals surface area (Å²) in [5.41, 5.74) is 0. The highest BCUT2D eigenvalue weighted by molar-refractivity contribution is 5.72. The van der Waals surface area contributed by atoms with Gasteiger partial charge in [-0.1, -0.05) is 220 Å². The molecule has 376 valence electrons. The van der Waals surface area contributed by atoms with Crippen LogP contribution in [0.3, 0.4) is 0 Å². The van der Waals surface area contributed by atoms with Gasteiger partial charge < -0.3 is 14.4 Å². The molecular formula is C56H112N2O5. The van der Waals surface area contributed by atoms with Crippen LogP contribution in [0.4, 0.5) is 0 Å². The van der Waals surface area contributed by atoms with E-state index in [1.807, 2.05) is 0 Å². The Hall–Kier alpha value is -1.18. The summed E-state index contributed by atoms with van der Waals surface area (Å²) < 4.78 is 11.7. The van der Waals surface area contributed by atoms with Crippen LogP contribution in [0.5, 0.6) is 0 Å². The monoisotopic (exact) mass is 893 g/mol. The third-order valence-corrected chi connectivity index (χ3v) is 13.2. The number of rotatable bonds is 52. The predicted octanol–water partition coefficient (Wildman–Crippen LogP) is 16.8. The lowest BCUT2D eigenvalue weighted by Crippen LogP contribution is -2.27. The number of esters is 2. The van der Waals surface area contributed by atoms with Crippen molar-refractivity contribution in [3.63, 3.8) is 0 Å². The van der Waals surface area contributed by atoms with E-state index in [2.05, 4.69) is 51.8 Å². The first-order valence-corrected chi connectivity index (χ1v) is 28.2. The van der Waals surface area contributed by atoms with E-state index in [1.54, 1.807) is 0 Å². The fourth-order valence-corrected chi connectivity index (χ4v) is 8.83. The molecule has 0 bridgehead atoms. The van der Waals surface area contributed by atoms with Crippen LogP contribution in [0.2, 0.25) is 0 Å². The van der Waals surface area contributed by atoms with Gasteiger partial charge in [-0.25, -0.2) is 0 Å². The number of carbonyl (C=O) groups excluding carboxylic acids is 2. The lowest BCUT2D eigenvalue weighted by Gasteiger charge is -2.22. The molecule has 2 unspecified atom stereocenters. The first-order valence-electron chi connectivity index (χ1n) is 28.2. The van der Waals surface area contributed by atoms with Gasteiger partial charge in [-0.05, 0) is 84.8 Å². The van der Waals surface area contributed by atoms with Gasteiger partial charge in [-0.15, -0.1) is 0 Å². The predicted molar refractivity (Wildman–Crippen MR) is 272 cm³/mol. The molecular weight excluding hydrogens is 781 g/mol. The minimum Gasteiger partial charge on any atom is -0.465 e. The molecule has 0 spiro atoms. The first kappa shape index (κ1) is 61.8. The first-order chi connectivity index (χ1) is 30.9. The van der Waals surface area contributed by atoms with Crippen molar-refractivity contribution in [3.05, 3.63) is 0 Å². The van der Waals surface area contributed by atoms with Gasteiger partial charge in [0, 0.05) is 13.1 Å². The molecule has 0 aliphatic heterocycles. The average Bonchev–Trinajstić information content (AvgIpc) is 3.27. The molecule has 0 aromatic rings. The number of ether oxygens (including phenoxy) is 2. The van der Waals surface area contributed by atoms with Crippen molar-refractivity contribution in [1.29, 1.82) is 0 Å². The second-order valence-electron chi connectivity index (χ2n) is 19.8. The molecule has 0 radical (unpaired) electrons. The minimum atomic E-state index is 0.0749. The fraction of sp³-hybridized carbons (Fsp3) is 0.964. The SMILES string of the molecule is CCCCCCCCC(CCCCCC)C(=O)OCCCCCCCCCN(CCCCCCCCCOC(=O)C(CCCCCC)CCCCCCCC)OCCCCN(C)C.